The predicted octanol–water partition coefficient (Wildman–Crippen LogP) is 0.897. The lowest BCUT2D eigenvalue weighted by Gasteiger charge is -2.23. The quantitative estimate of drug-likeness (QED) is 0.0215. The number of nitrogens with one attached hydrogen (secondary N) is 2. The average Bonchev–Trinajstić information content (AvgIpc) is 3.14. The summed E-state index contributed by atoms with van der Waals surface area (Å²) in [4.78, 5) is 87.3. The van der Waals surface area contributed by atoms with Gasteiger partial charge >= 0.3 is 15.6 Å². The molecule has 4 amide bonds. The van der Waals surface area contributed by atoms with Crippen LogP contribution in [0.15, 0.2) is 24.3 Å². The molecule has 0 spiro atoms. The molecule has 0 aliphatic heterocycles. The molecule has 0 radical (unpaired) electrons. The summed E-state index contributed by atoms with van der Waals surface area (Å²) >= 11 is 2.53. The molecule has 0 rings (SSSR count). The van der Waals surface area contributed by atoms with E-state index in [-0.39, 0.29) is 54.2 Å². The molecule has 24 heteroatoms. The van der Waals surface area contributed by atoms with Crippen LogP contribution in [0.5, 0.6) is 0 Å². The Kier molecular flexibility index (Phi) is 33.1. The number of hydrogen-bond acceptors (Lipinski definition) is 12. The van der Waals surface area contributed by atoms with E-state index >= 15 is 0 Å². The van der Waals surface area contributed by atoms with Crippen LogP contribution in [0.2, 0.25) is 12.1 Å². The van der Waals surface area contributed by atoms with Gasteiger partial charge in [-0.15, -0.1) is 0 Å². The summed E-state index contributed by atoms with van der Waals surface area (Å²) in [6.45, 7) is 15.6. The van der Waals surface area contributed by atoms with Crippen molar-refractivity contribution >= 4 is 80.7 Å². The topological polar surface area (TPSA) is 273 Å². The van der Waals surface area contributed by atoms with E-state index in [4.69, 9.17) is 36.7 Å². The highest BCUT2D eigenvalue weighted by atomic mass is 32.2. The molecule has 332 valence electrons. The maximum absolute atomic E-state index is 12.3. The second-order valence-electron chi connectivity index (χ2n) is 13.1. The third-order valence-electron chi connectivity index (χ3n) is 7.34. The molecule has 0 heterocycles. The number of hydrogen-bond donors (Lipinski definition) is 8. The van der Waals surface area contributed by atoms with Crippen molar-refractivity contribution < 1.29 is 67.1 Å². The van der Waals surface area contributed by atoms with Crippen LogP contribution < -0.4 is 10.6 Å². The zero-order valence-electron chi connectivity index (χ0n) is 33.7. The number of carbonyl (C=O) groups excluding carboxylic acids is 4. The van der Waals surface area contributed by atoms with Crippen molar-refractivity contribution in [3.8, 4) is 12.0 Å². The van der Waals surface area contributed by atoms with Gasteiger partial charge in [-0.05, 0) is 56.7 Å². The number of carbonyl (C=O) groups is 4. The number of aliphatic hydroxyl groups excluding tert-OH is 2. The van der Waals surface area contributed by atoms with Crippen molar-refractivity contribution in [1.82, 2.24) is 20.4 Å². The van der Waals surface area contributed by atoms with Crippen LogP contribution in [0.25, 0.3) is 0 Å². The van der Waals surface area contributed by atoms with Crippen LogP contribution in [-0.2, 0) is 37.4 Å². The summed E-state index contributed by atoms with van der Waals surface area (Å²) in [6.07, 6.45) is -0.466. The minimum atomic E-state index is -4.91. The Morgan fingerprint density at radius 1 is 0.741 bits per heavy atom. The number of nitrogens with zero attached hydrogens (tertiary/aromatic N) is 2. The van der Waals surface area contributed by atoms with Gasteiger partial charge in [0.05, 0.1) is 19.3 Å². The van der Waals surface area contributed by atoms with Crippen molar-refractivity contribution in [3.05, 3.63) is 24.3 Å². The van der Waals surface area contributed by atoms with Crippen LogP contribution in [0.4, 0.5) is 0 Å². The molecular weight excluding hydrogens is 871 g/mol. The summed E-state index contributed by atoms with van der Waals surface area (Å²) in [7, 11) is -9.08. The second-order valence-corrected chi connectivity index (χ2v) is 19.5. The fraction of sp³-hybridized carbons (Fsp3) is 0.706. The largest absolute Gasteiger partial charge is 0.469 e. The van der Waals surface area contributed by atoms with Gasteiger partial charge in [0, 0.05) is 85.3 Å². The van der Waals surface area contributed by atoms with Gasteiger partial charge < -0.3 is 50.2 Å². The Balaban J connectivity index is 0. The first-order valence-electron chi connectivity index (χ1n) is 18.2. The van der Waals surface area contributed by atoms with Crippen molar-refractivity contribution in [3.63, 3.8) is 0 Å². The average molecular weight is 933 g/mol. The molecule has 0 aromatic heterocycles. The maximum Gasteiger partial charge on any atom is 0.469 e. The summed E-state index contributed by atoms with van der Waals surface area (Å²) in [6, 6.07) is 12.7. The zero-order chi connectivity index (χ0) is 44.9. The Morgan fingerprint density at radius 3 is 1.50 bits per heavy atom. The minimum Gasteiger partial charge on any atom is -0.394 e. The van der Waals surface area contributed by atoms with Gasteiger partial charge in [0.2, 0.25) is 23.6 Å². The highest BCUT2D eigenvalue weighted by Crippen LogP contribution is 2.41. The van der Waals surface area contributed by atoms with Gasteiger partial charge in [-0.3, -0.25) is 28.2 Å². The summed E-state index contributed by atoms with van der Waals surface area (Å²) < 4.78 is 30.6. The molecule has 4 atom stereocenters. The normalized spacial score (nSPS) is 13.2. The highest BCUT2D eigenvalue weighted by Gasteiger charge is 2.26. The van der Waals surface area contributed by atoms with Gasteiger partial charge in [-0.25, -0.2) is 9.13 Å². The van der Waals surface area contributed by atoms with Gasteiger partial charge in [0.25, 0.3) is 0 Å². The first-order chi connectivity index (χ1) is 27.0. The number of phosphoric ester groups is 2. The number of aliphatic hydroxyl groups is 2. The van der Waals surface area contributed by atoms with Crippen molar-refractivity contribution in [1.29, 1.82) is 0 Å². The number of thioether (sulfide) groups is 2. The smallest absolute Gasteiger partial charge is 0.394 e. The molecule has 0 aromatic carbocycles. The molecule has 0 aliphatic carbocycles. The molecule has 0 aliphatic rings. The molecular formula is C34H62N4O14P2S2Si2. The lowest BCUT2D eigenvalue weighted by Crippen LogP contribution is -2.41. The maximum atomic E-state index is 12.3. The van der Waals surface area contributed by atoms with E-state index in [1.165, 1.54) is 11.8 Å². The molecule has 18 nitrogen and oxygen atoms in total. The predicted molar refractivity (Wildman–Crippen MR) is 230 cm³/mol. The lowest BCUT2D eigenvalue weighted by atomic mass is 10.2. The SMILES string of the molecule is C#[Si]CCCN(CCNC(=O)C(C)CSCC(COP(=O)(O)O)OP(=O)(O)O)C(=O)C(=C)C.C#[Si]CCCN(CCNC(=O)C(C)CSCC(O)CO)C(=O)C(=C)C. The van der Waals surface area contributed by atoms with Gasteiger partial charge in [-0.2, -0.15) is 35.5 Å². The molecule has 0 aromatic rings. The van der Waals surface area contributed by atoms with Crippen molar-refractivity contribution in [2.24, 2.45) is 11.8 Å². The first kappa shape index (κ1) is 58.3. The minimum absolute atomic E-state index is 0.0779. The Bertz CT molecular complexity index is 1490. The van der Waals surface area contributed by atoms with Crippen LogP contribution in [0, 0.1) is 23.8 Å². The summed E-state index contributed by atoms with van der Waals surface area (Å²) in [5, 5.41) is 23.6. The van der Waals surface area contributed by atoms with E-state index in [2.05, 4.69) is 32.8 Å². The second kappa shape index (κ2) is 32.9. The zero-order valence-corrected chi connectivity index (χ0v) is 39.2. The molecule has 0 fully saturated rings. The number of phosphoric acid groups is 2. The third-order valence-corrected chi connectivity index (χ3v) is 12.4. The fourth-order valence-corrected chi connectivity index (χ4v) is 8.13. The van der Waals surface area contributed by atoms with Gasteiger partial charge in [-0.1, -0.05) is 27.0 Å². The number of rotatable bonds is 30. The van der Waals surface area contributed by atoms with Gasteiger partial charge in [0.15, 0.2) is 0 Å². The molecule has 8 N–H and O–H groups in total. The summed E-state index contributed by atoms with van der Waals surface area (Å²) in [5.74, 6) is -0.231. The van der Waals surface area contributed by atoms with Crippen LogP contribution in [-0.4, -0.2) is 169 Å². The molecule has 0 bridgehead atoms. The van der Waals surface area contributed by atoms with Crippen molar-refractivity contribution in [2.75, 3.05) is 75.5 Å². The van der Waals surface area contributed by atoms with Crippen LogP contribution >= 0.6 is 39.2 Å². The lowest BCUT2D eigenvalue weighted by molar-refractivity contribution is -0.128. The van der Waals surface area contributed by atoms with Gasteiger partial charge in [0.1, 0.15) is 6.10 Å². The monoisotopic (exact) mass is 932 g/mol. The van der Waals surface area contributed by atoms with E-state index in [9.17, 15) is 33.4 Å². The van der Waals surface area contributed by atoms with Crippen LogP contribution in [0.1, 0.15) is 40.5 Å². The van der Waals surface area contributed by atoms with E-state index in [0.717, 1.165) is 36.7 Å². The molecule has 4 unspecified atom stereocenters. The van der Waals surface area contributed by atoms with E-state index in [1.54, 1.807) is 30.6 Å². The van der Waals surface area contributed by atoms with E-state index < -0.39 is 40.4 Å². The highest BCUT2D eigenvalue weighted by molar-refractivity contribution is 7.99. The first-order valence-corrected chi connectivity index (χ1v) is 26.1. The molecule has 0 saturated heterocycles. The molecule has 58 heavy (non-hydrogen) atoms. The Labute approximate surface area is 355 Å². The Morgan fingerprint density at radius 2 is 1.16 bits per heavy atom. The van der Waals surface area contributed by atoms with E-state index in [1.807, 2.05) is 6.92 Å². The standard InChI is InChI=1S/C17H32N2O10P2SSi.C17H30N2O4SSi/c1-13(2)17(21)19(7-5-9-33-4)8-6-18-16(20)14(3)11-32-12-15(29-31(25,26)27)10-28-30(22,23)24;1-13(2)17(23)19(7-5-9-25-4)8-6-18-16(22)14(3)11-24-12-15(21)10-20/h4,14-15H,1,5-12H2,2-3H3,(H,18,20)(H2,22,23,24)(H2,25,26,27);4,14-15,20-21H,1,5-12H2,2-3H3,(H,18,22). The Hall–Kier alpha value is -1.81. The number of amides is 4. The summed E-state index contributed by atoms with van der Waals surface area (Å²) in [5.41, 5.74) is 0.879. The van der Waals surface area contributed by atoms with Crippen LogP contribution in [0.3, 0.4) is 0 Å². The molecule has 0 saturated carbocycles. The van der Waals surface area contributed by atoms with Crippen molar-refractivity contribution in [2.45, 2.75) is 64.8 Å². The fourth-order valence-electron chi connectivity index (χ4n) is 4.33. The van der Waals surface area contributed by atoms with E-state index in [0.29, 0.717) is 73.3 Å². The third kappa shape index (κ3) is 32.0.